The molecule has 150 valence electrons. The van der Waals surface area contributed by atoms with Gasteiger partial charge < -0.3 is 14.6 Å². The highest BCUT2D eigenvalue weighted by Gasteiger charge is 2.08. The summed E-state index contributed by atoms with van der Waals surface area (Å²) in [6.45, 7) is 2.86. The predicted molar refractivity (Wildman–Crippen MR) is 110 cm³/mol. The number of aromatic nitrogens is 2. The van der Waals surface area contributed by atoms with Crippen molar-refractivity contribution in [3.8, 4) is 5.75 Å². The molecule has 1 aliphatic heterocycles. The van der Waals surface area contributed by atoms with Crippen LogP contribution in [0.15, 0.2) is 59.7 Å². The van der Waals surface area contributed by atoms with Gasteiger partial charge in [0.1, 0.15) is 18.2 Å². The van der Waals surface area contributed by atoms with Crippen molar-refractivity contribution in [1.82, 2.24) is 14.9 Å². The Morgan fingerprint density at radius 3 is 2.72 bits per heavy atom. The van der Waals surface area contributed by atoms with Crippen LogP contribution < -0.4 is 15.6 Å². The Morgan fingerprint density at radius 2 is 1.93 bits per heavy atom. The molecule has 0 bridgehead atoms. The molecule has 5 nitrogen and oxygen atoms in total. The van der Waals surface area contributed by atoms with Gasteiger partial charge in [0.25, 0.3) is 5.56 Å². The fourth-order valence-corrected chi connectivity index (χ4v) is 3.55. The number of hydrogen-bond donors (Lipinski definition) is 1. The Morgan fingerprint density at radius 1 is 1.07 bits per heavy atom. The van der Waals surface area contributed by atoms with Crippen LogP contribution in [0.25, 0.3) is 0 Å². The van der Waals surface area contributed by atoms with Crippen LogP contribution in [-0.4, -0.2) is 22.6 Å². The second-order valence-corrected chi connectivity index (χ2v) is 7.25. The smallest absolute Gasteiger partial charge is 0.254 e. The average Bonchev–Trinajstić information content (AvgIpc) is 2.97. The number of pyridine rings is 2. The summed E-state index contributed by atoms with van der Waals surface area (Å²) < 4.78 is 20.2. The molecule has 0 saturated heterocycles. The van der Waals surface area contributed by atoms with E-state index >= 15 is 0 Å². The molecule has 0 saturated carbocycles. The maximum absolute atomic E-state index is 12.9. The molecule has 2 aromatic heterocycles. The second-order valence-electron chi connectivity index (χ2n) is 7.25. The van der Waals surface area contributed by atoms with Crippen molar-refractivity contribution < 1.29 is 9.13 Å². The number of rotatable bonds is 6. The topological polar surface area (TPSA) is 56.1 Å². The van der Waals surface area contributed by atoms with Crippen LogP contribution in [0.4, 0.5) is 4.39 Å². The molecule has 3 heterocycles. The highest BCUT2D eigenvalue weighted by molar-refractivity contribution is 5.33. The average molecular weight is 393 g/mol. The molecule has 29 heavy (non-hydrogen) atoms. The van der Waals surface area contributed by atoms with Gasteiger partial charge in [0.2, 0.25) is 0 Å². The summed E-state index contributed by atoms with van der Waals surface area (Å²) in [5.41, 5.74) is 4.59. The van der Waals surface area contributed by atoms with Crippen LogP contribution in [0, 0.1) is 5.82 Å². The lowest BCUT2D eigenvalue weighted by Crippen LogP contribution is -2.19. The number of hydrogen-bond acceptors (Lipinski definition) is 4. The molecule has 6 heteroatoms. The fourth-order valence-electron chi connectivity index (χ4n) is 3.55. The van der Waals surface area contributed by atoms with Gasteiger partial charge in [-0.1, -0.05) is 18.2 Å². The summed E-state index contributed by atoms with van der Waals surface area (Å²) >= 11 is 0. The third-order valence-corrected chi connectivity index (χ3v) is 5.20. The first-order chi connectivity index (χ1) is 14.2. The van der Waals surface area contributed by atoms with E-state index in [-0.39, 0.29) is 18.0 Å². The van der Waals surface area contributed by atoms with Crippen LogP contribution in [0.5, 0.6) is 5.75 Å². The van der Waals surface area contributed by atoms with E-state index < -0.39 is 0 Å². The second kappa shape index (κ2) is 9.01. The van der Waals surface area contributed by atoms with Crippen molar-refractivity contribution in [2.75, 3.05) is 13.1 Å². The van der Waals surface area contributed by atoms with E-state index in [1.165, 1.54) is 28.8 Å². The molecule has 0 atom stereocenters. The van der Waals surface area contributed by atoms with E-state index in [0.717, 1.165) is 38.5 Å². The maximum Gasteiger partial charge on any atom is 0.254 e. The van der Waals surface area contributed by atoms with Crippen LogP contribution >= 0.6 is 0 Å². The number of ether oxygens (including phenoxy) is 1. The van der Waals surface area contributed by atoms with Crippen LogP contribution in [0.2, 0.25) is 0 Å². The lowest BCUT2D eigenvalue weighted by molar-refractivity contribution is 0.299. The first-order valence-electron chi connectivity index (χ1n) is 9.92. The van der Waals surface area contributed by atoms with Gasteiger partial charge in [0, 0.05) is 18.8 Å². The third kappa shape index (κ3) is 5.09. The summed E-state index contributed by atoms with van der Waals surface area (Å²) in [5.74, 6) is 0.0948. The number of aryl methyl sites for hydroxylation is 2. The van der Waals surface area contributed by atoms with Gasteiger partial charge in [0.15, 0.2) is 0 Å². The van der Waals surface area contributed by atoms with Crippen LogP contribution in [0.3, 0.4) is 0 Å². The Labute approximate surface area is 169 Å². The van der Waals surface area contributed by atoms with Crippen molar-refractivity contribution in [3.63, 3.8) is 0 Å². The summed E-state index contributed by atoms with van der Waals surface area (Å²) in [7, 11) is 0. The maximum atomic E-state index is 12.9. The molecule has 0 aliphatic carbocycles. The number of nitrogens with one attached hydrogen (secondary N) is 1. The molecule has 4 rings (SSSR count). The van der Waals surface area contributed by atoms with Gasteiger partial charge in [-0.3, -0.25) is 9.78 Å². The molecule has 1 aliphatic rings. The van der Waals surface area contributed by atoms with Crippen molar-refractivity contribution in [2.45, 2.75) is 32.4 Å². The molecule has 0 amide bonds. The van der Waals surface area contributed by atoms with E-state index in [0.29, 0.717) is 18.0 Å². The Balaban J connectivity index is 1.36. The lowest BCUT2D eigenvalue weighted by Gasteiger charge is -2.11. The first-order valence-corrected chi connectivity index (χ1v) is 9.92. The van der Waals surface area contributed by atoms with Crippen molar-refractivity contribution in [3.05, 3.63) is 93.4 Å². The molecule has 0 radical (unpaired) electrons. The van der Waals surface area contributed by atoms with Crippen LogP contribution in [-0.2, 0) is 32.4 Å². The quantitative estimate of drug-likeness (QED) is 0.700. The predicted octanol–water partition coefficient (Wildman–Crippen LogP) is 2.89. The van der Waals surface area contributed by atoms with E-state index in [1.54, 1.807) is 22.9 Å². The van der Waals surface area contributed by atoms with Gasteiger partial charge in [-0.05, 0) is 67.2 Å². The van der Waals surface area contributed by atoms with E-state index in [4.69, 9.17) is 4.74 Å². The van der Waals surface area contributed by atoms with E-state index in [9.17, 15) is 9.18 Å². The summed E-state index contributed by atoms with van der Waals surface area (Å²) in [4.78, 5) is 16.4. The monoisotopic (exact) mass is 393 g/mol. The van der Waals surface area contributed by atoms with Gasteiger partial charge in [0.05, 0.1) is 11.9 Å². The SMILES string of the molecule is O=c1cc(OCc2ccc(F)cn2)ccn1CCc1ccc2c(c1)CCNCC2. The molecule has 0 unspecified atom stereocenters. The van der Waals surface area contributed by atoms with Crippen molar-refractivity contribution >= 4 is 0 Å². The Hall–Kier alpha value is -2.99. The summed E-state index contributed by atoms with van der Waals surface area (Å²) in [6.07, 6.45) is 5.83. The third-order valence-electron chi connectivity index (χ3n) is 5.20. The number of halogens is 1. The highest BCUT2D eigenvalue weighted by atomic mass is 19.1. The van der Waals surface area contributed by atoms with Crippen LogP contribution in [0.1, 0.15) is 22.4 Å². The summed E-state index contributed by atoms with van der Waals surface area (Å²) in [6, 6.07) is 12.8. The Bertz CT molecular complexity index is 1030. The molecule has 0 fully saturated rings. The zero-order valence-electron chi connectivity index (χ0n) is 16.2. The molecular formula is C23H24FN3O2. The lowest BCUT2D eigenvalue weighted by atomic mass is 9.99. The normalized spacial score (nSPS) is 13.6. The minimum atomic E-state index is -0.387. The summed E-state index contributed by atoms with van der Waals surface area (Å²) in [5, 5.41) is 3.43. The fraction of sp³-hybridized carbons (Fsp3) is 0.304. The number of fused-ring (bicyclic) bond motifs is 1. The largest absolute Gasteiger partial charge is 0.487 e. The first kappa shape index (κ1) is 19.3. The van der Waals surface area contributed by atoms with Gasteiger partial charge in [-0.2, -0.15) is 0 Å². The molecule has 1 aromatic carbocycles. The zero-order valence-corrected chi connectivity index (χ0v) is 16.2. The number of nitrogens with zero attached hydrogens (tertiary/aromatic N) is 2. The number of benzene rings is 1. The minimum Gasteiger partial charge on any atom is -0.487 e. The molecule has 0 spiro atoms. The zero-order chi connectivity index (χ0) is 20.1. The molecular weight excluding hydrogens is 369 g/mol. The minimum absolute atomic E-state index is 0.103. The van der Waals surface area contributed by atoms with E-state index in [2.05, 4.69) is 28.5 Å². The molecule has 3 aromatic rings. The van der Waals surface area contributed by atoms with Gasteiger partial charge in [-0.15, -0.1) is 0 Å². The van der Waals surface area contributed by atoms with Gasteiger partial charge >= 0.3 is 0 Å². The standard InChI is InChI=1S/C23H24FN3O2/c24-20-3-4-21(26-15-20)16-29-22-8-12-27(23(28)14-22)11-7-17-1-2-18-5-9-25-10-6-19(18)13-17/h1-4,8,12-15,25H,5-7,9-11,16H2. The highest BCUT2D eigenvalue weighted by Crippen LogP contribution is 2.16. The van der Waals surface area contributed by atoms with Crippen molar-refractivity contribution in [2.24, 2.45) is 0 Å². The van der Waals surface area contributed by atoms with Gasteiger partial charge in [-0.25, -0.2) is 4.39 Å². The Kier molecular flexibility index (Phi) is 6.00. The molecule has 1 N–H and O–H groups in total. The van der Waals surface area contributed by atoms with E-state index in [1.807, 2.05) is 0 Å². The van der Waals surface area contributed by atoms with Crippen molar-refractivity contribution in [1.29, 1.82) is 0 Å².